The first-order chi connectivity index (χ1) is 8.59. The van der Waals surface area contributed by atoms with E-state index < -0.39 is 5.41 Å². The smallest absolute Gasteiger partial charge is 0.235 e. The highest BCUT2D eigenvalue weighted by Gasteiger charge is 2.46. The molecule has 0 spiro atoms. The van der Waals surface area contributed by atoms with Crippen LogP contribution >= 0.6 is 0 Å². The summed E-state index contributed by atoms with van der Waals surface area (Å²) >= 11 is 0. The second kappa shape index (κ2) is 5.61. The molecule has 0 radical (unpaired) electrons. The van der Waals surface area contributed by atoms with Gasteiger partial charge in [-0.05, 0) is 18.4 Å². The largest absolute Gasteiger partial charge is 0.312 e. The number of hydrogen-bond acceptors (Lipinski definition) is 3. The maximum Gasteiger partial charge on any atom is 0.235 e. The number of imide groups is 1. The van der Waals surface area contributed by atoms with Gasteiger partial charge in [-0.3, -0.25) is 14.5 Å². The number of nitrogens with zero attached hydrogens (tertiary/aromatic N) is 1. The van der Waals surface area contributed by atoms with Crippen molar-refractivity contribution >= 4 is 11.8 Å². The molecule has 1 aliphatic rings. The van der Waals surface area contributed by atoms with Gasteiger partial charge in [0.15, 0.2) is 0 Å². The summed E-state index contributed by atoms with van der Waals surface area (Å²) in [7, 11) is 0. The maximum atomic E-state index is 12.3. The summed E-state index contributed by atoms with van der Waals surface area (Å²) in [5.41, 5.74) is -0.521. The standard InChI is InChI=1S/C15H28N2O2/c1-7-8-16-11(14(2,3)4)10-17-12(18)9-15(5,6)13(17)19/h11,16H,7-10H2,1-6H3. The predicted molar refractivity (Wildman–Crippen MR) is 76.7 cm³/mol. The minimum atomic E-state index is -0.537. The molecule has 1 aliphatic heterocycles. The van der Waals surface area contributed by atoms with E-state index in [2.05, 4.69) is 33.0 Å². The highest BCUT2D eigenvalue weighted by Crippen LogP contribution is 2.33. The van der Waals surface area contributed by atoms with Gasteiger partial charge in [-0.15, -0.1) is 0 Å². The number of amides is 2. The van der Waals surface area contributed by atoms with Crippen LogP contribution in [0.5, 0.6) is 0 Å². The van der Waals surface area contributed by atoms with Crippen LogP contribution in [0.1, 0.15) is 54.4 Å². The molecular weight excluding hydrogens is 240 g/mol. The lowest BCUT2D eigenvalue weighted by Crippen LogP contribution is -2.50. The Balaban J connectivity index is 2.80. The third-order valence-electron chi connectivity index (χ3n) is 3.77. The van der Waals surface area contributed by atoms with Gasteiger partial charge in [-0.1, -0.05) is 41.5 Å². The van der Waals surface area contributed by atoms with Crippen LogP contribution in [0.25, 0.3) is 0 Å². The molecule has 1 saturated heterocycles. The van der Waals surface area contributed by atoms with E-state index in [9.17, 15) is 9.59 Å². The average Bonchev–Trinajstić information content (AvgIpc) is 2.43. The van der Waals surface area contributed by atoms with Gasteiger partial charge in [-0.2, -0.15) is 0 Å². The van der Waals surface area contributed by atoms with Crippen LogP contribution in [0.2, 0.25) is 0 Å². The Kier molecular flexibility index (Phi) is 4.77. The van der Waals surface area contributed by atoms with Crippen molar-refractivity contribution in [2.45, 2.75) is 60.4 Å². The fraction of sp³-hybridized carbons (Fsp3) is 0.867. The van der Waals surface area contributed by atoms with Crippen LogP contribution in [0.15, 0.2) is 0 Å². The summed E-state index contributed by atoms with van der Waals surface area (Å²) in [4.78, 5) is 25.7. The summed E-state index contributed by atoms with van der Waals surface area (Å²) in [6, 6.07) is 0.134. The number of hydrogen-bond donors (Lipinski definition) is 1. The number of nitrogens with one attached hydrogen (secondary N) is 1. The molecule has 1 fully saturated rings. The van der Waals surface area contributed by atoms with E-state index in [0.717, 1.165) is 13.0 Å². The molecular formula is C15H28N2O2. The number of carbonyl (C=O) groups excluding carboxylic acids is 2. The van der Waals surface area contributed by atoms with Crippen molar-refractivity contribution in [3.63, 3.8) is 0 Å². The zero-order valence-corrected chi connectivity index (χ0v) is 13.2. The highest BCUT2D eigenvalue weighted by molar-refractivity contribution is 6.05. The molecule has 1 unspecified atom stereocenters. The quantitative estimate of drug-likeness (QED) is 0.778. The topological polar surface area (TPSA) is 49.4 Å². The van der Waals surface area contributed by atoms with Crippen LogP contribution in [0, 0.1) is 10.8 Å². The van der Waals surface area contributed by atoms with Crippen LogP contribution in [-0.2, 0) is 9.59 Å². The Morgan fingerprint density at radius 2 is 1.89 bits per heavy atom. The van der Waals surface area contributed by atoms with Crippen molar-refractivity contribution in [3.05, 3.63) is 0 Å². The first kappa shape index (κ1) is 16.2. The van der Waals surface area contributed by atoms with Gasteiger partial charge in [0.05, 0.1) is 5.41 Å². The molecule has 0 aromatic carbocycles. The molecule has 1 rings (SSSR count). The third-order valence-corrected chi connectivity index (χ3v) is 3.77. The van der Waals surface area contributed by atoms with E-state index in [4.69, 9.17) is 0 Å². The number of carbonyl (C=O) groups is 2. The Hall–Kier alpha value is -0.900. The molecule has 2 amide bonds. The Bertz CT molecular complexity index is 356. The molecule has 0 saturated carbocycles. The monoisotopic (exact) mass is 268 g/mol. The van der Waals surface area contributed by atoms with Gasteiger partial charge in [0.2, 0.25) is 11.8 Å². The number of rotatable bonds is 5. The Labute approximate surface area is 116 Å². The highest BCUT2D eigenvalue weighted by atomic mass is 16.2. The van der Waals surface area contributed by atoms with Gasteiger partial charge >= 0.3 is 0 Å². The lowest BCUT2D eigenvalue weighted by Gasteiger charge is -2.34. The van der Waals surface area contributed by atoms with Gasteiger partial charge in [0.1, 0.15) is 0 Å². The molecule has 4 nitrogen and oxygen atoms in total. The molecule has 1 N–H and O–H groups in total. The van der Waals surface area contributed by atoms with Crippen molar-refractivity contribution in [3.8, 4) is 0 Å². The molecule has 0 aromatic heterocycles. The summed E-state index contributed by atoms with van der Waals surface area (Å²) in [5, 5.41) is 3.46. The zero-order chi connectivity index (χ0) is 14.8. The van der Waals surface area contributed by atoms with Crippen LogP contribution < -0.4 is 5.32 Å². The number of likely N-dealkylation sites (tertiary alicyclic amines) is 1. The van der Waals surface area contributed by atoms with Crippen LogP contribution in [0.3, 0.4) is 0 Å². The molecule has 110 valence electrons. The van der Waals surface area contributed by atoms with Gasteiger partial charge in [0, 0.05) is 19.0 Å². The fourth-order valence-corrected chi connectivity index (χ4v) is 2.36. The van der Waals surface area contributed by atoms with Crippen molar-refractivity contribution in [1.82, 2.24) is 10.2 Å². The third kappa shape index (κ3) is 3.78. The predicted octanol–water partition coefficient (Wildman–Crippen LogP) is 2.19. The van der Waals surface area contributed by atoms with Crippen molar-refractivity contribution < 1.29 is 9.59 Å². The second-order valence-corrected chi connectivity index (χ2v) is 7.24. The minimum absolute atomic E-state index is 0.0163. The van der Waals surface area contributed by atoms with Crippen molar-refractivity contribution in [2.75, 3.05) is 13.1 Å². The molecule has 1 atom stereocenters. The zero-order valence-electron chi connectivity index (χ0n) is 13.2. The maximum absolute atomic E-state index is 12.3. The normalized spacial score (nSPS) is 21.1. The summed E-state index contributed by atoms with van der Waals surface area (Å²) < 4.78 is 0. The van der Waals surface area contributed by atoms with E-state index in [1.54, 1.807) is 0 Å². The van der Waals surface area contributed by atoms with E-state index in [1.807, 2.05) is 13.8 Å². The van der Waals surface area contributed by atoms with Crippen molar-refractivity contribution in [1.29, 1.82) is 0 Å². The summed E-state index contributed by atoms with van der Waals surface area (Å²) in [6.45, 7) is 13.6. The lowest BCUT2D eigenvalue weighted by molar-refractivity contribution is -0.141. The Morgan fingerprint density at radius 3 is 2.26 bits per heavy atom. The molecule has 19 heavy (non-hydrogen) atoms. The molecule has 0 aliphatic carbocycles. The average molecular weight is 268 g/mol. The molecule has 1 heterocycles. The molecule has 0 aromatic rings. The van der Waals surface area contributed by atoms with E-state index in [1.165, 1.54) is 4.90 Å². The summed E-state index contributed by atoms with van der Waals surface area (Å²) in [5.74, 6) is -0.0763. The van der Waals surface area contributed by atoms with E-state index >= 15 is 0 Å². The van der Waals surface area contributed by atoms with Gasteiger partial charge < -0.3 is 5.32 Å². The van der Waals surface area contributed by atoms with Gasteiger partial charge in [0.25, 0.3) is 0 Å². The van der Waals surface area contributed by atoms with Crippen LogP contribution in [-0.4, -0.2) is 35.8 Å². The Morgan fingerprint density at radius 1 is 1.32 bits per heavy atom. The minimum Gasteiger partial charge on any atom is -0.312 e. The lowest BCUT2D eigenvalue weighted by atomic mass is 9.86. The fourth-order valence-electron chi connectivity index (χ4n) is 2.36. The first-order valence-corrected chi connectivity index (χ1v) is 7.18. The van der Waals surface area contributed by atoms with Gasteiger partial charge in [-0.25, -0.2) is 0 Å². The molecule has 0 bridgehead atoms. The second-order valence-electron chi connectivity index (χ2n) is 7.24. The SMILES string of the molecule is CCCNC(CN1C(=O)CC(C)(C)C1=O)C(C)(C)C. The molecule has 4 heteroatoms. The van der Waals surface area contributed by atoms with E-state index in [0.29, 0.717) is 13.0 Å². The van der Waals surface area contributed by atoms with E-state index in [-0.39, 0.29) is 23.3 Å². The van der Waals surface area contributed by atoms with Crippen LogP contribution in [0.4, 0.5) is 0 Å². The first-order valence-electron chi connectivity index (χ1n) is 7.18. The summed E-state index contributed by atoms with van der Waals surface area (Å²) in [6.07, 6.45) is 1.37. The van der Waals surface area contributed by atoms with Crippen molar-refractivity contribution in [2.24, 2.45) is 10.8 Å².